The third-order valence-corrected chi connectivity index (χ3v) is 4.96. The van der Waals surface area contributed by atoms with E-state index in [-0.39, 0.29) is 17.7 Å². The summed E-state index contributed by atoms with van der Waals surface area (Å²) in [5, 5.41) is 6.58. The van der Waals surface area contributed by atoms with Crippen molar-refractivity contribution in [3.05, 3.63) is 58.2 Å². The second-order valence-electron chi connectivity index (χ2n) is 6.33. The van der Waals surface area contributed by atoms with E-state index in [4.69, 9.17) is 0 Å². The second-order valence-corrected chi connectivity index (χ2v) is 7.18. The standard InChI is InChI=1S/C19H22BrF2N5/c1-2-23-19(25-11-13-5-6-15(20)17(22)10-13)26-14-7-9-27(12-14)18-16(21)4-3-8-24-18/h3-6,8,10,14H,2,7,9,11-12H2,1H3,(H2,23,25,26). The summed E-state index contributed by atoms with van der Waals surface area (Å²) in [6, 6.07) is 8.12. The molecule has 2 heterocycles. The molecule has 3 rings (SSSR count). The Morgan fingerprint density at radius 2 is 2.19 bits per heavy atom. The lowest BCUT2D eigenvalue weighted by molar-refractivity contribution is 0.612. The number of aliphatic imine (C=N–C) groups is 1. The van der Waals surface area contributed by atoms with Crippen molar-refractivity contribution in [2.75, 3.05) is 24.5 Å². The first-order chi connectivity index (χ1) is 13.1. The fourth-order valence-electron chi connectivity index (χ4n) is 3.00. The summed E-state index contributed by atoms with van der Waals surface area (Å²) >= 11 is 3.15. The van der Waals surface area contributed by atoms with Crippen LogP contribution < -0.4 is 15.5 Å². The molecule has 0 radical (unpaired) electrons. The molecule has 0 spiro atoms. The molecule has 0 bridgehead atoms. The van der Waals surface area contributed by atoms with Crippen LogP contribution in [-0.2, 0) is 6.54 Å². The number of halogens is 3. The largest absolute Gasteiger partial charge is 0.357 e. The molecule has 1 saturated heterocycles. The number of anilines is 1. The van der Waals surface area contributed by atoms with Gasteiger partial charge >= 0.3 is 0 Å². The molecule has 5 nitrogen and oxygen atoms in total. The molecule has 1 aliphatic heterocycles. The van der Waals surface area contributed by atoms with Crippen molar-refractivity contribution in [3.8, 4) is 0 Å². The molecule has 0 saturated carbocycles. The second kappa shape index (κ2) is 9.12. The molecule has 0 amide bonds. The van der Waals surface area contributed by atoms with Gasteiger partial charge in [-0.3, -0.25) is 0 Å². The summed E-state index contributed by atoms with van der Waals surface area (Å²) in [5.41, 5.74) is 0.788. The van der Waals surface area contributed by atoms with Gasteiger partial charge in [-0.15, -0.1) is 0 Å². The van der Waals surface area contributed by atoms with Crippen LogP contribution in [0.25, 0.3) is 0 Å². The van der Waals surface area contributed by atoms with Crippen molar-refractivity contribution in [1.82, 2.24) is 15.6 Å². The third-order valence-electron chi connectivity index (χ3n) is 4.32. The molecule has 8 heteroatoms. The molecule has 1 aromatic heterocycles. The van der Waals surface area contributed by atoms with E-state index in [0.29, 0.717) is 35.9 Å². The van der Waals surface area contributed by atoms with Crippen LogP contribution in [0.3, 0.4) is 0 Å². The number of pyridine rings is 1. The lowest BCUT2D eigenvalue weighted by Crippen LogP contribution is -2.44. The van der Waals surface area contributed by atoms with E-state index >= 15 is 0 Å². The average Bonchev–Trinajstić information content (AvgIpc) is 3.11. The molecule has 2 N–H and O–H groups in total. The Morgan fingerprint density at radius 1 is 1.33 bits per heavy atom. The van der Waals surface area contributed by atoms with Crippen LogP contribution in [0.15, 0.2) is 46.0 Å². The number of benzene rings is 1. The van der Waals surface area contributed by atoms with Crippen molar-refractivity contribution in [3.63, 3.8) is 0 Å². The maximum Gasteiger partial charge on any atom is 0.191 e. The highest BCUT2D eigenvalue weighted by Gasteiger charge is 2.25. The van der Waals surface area contributed by atoms with E-state index in [1.807, 2.05) is 17.9 Å². The zero-order chi connectivity index (χ0) is 19.2. The molecule has 2 aromatic rings. The number of nitrogens with one attached hydrogen (secondary N) is 2. The highest BCUT2D eigenvalue weighted by Crippen LogP contribution is 2.21. The van der Waals surface area contributed by atoms with Crippen LogP contribution in [0.5, 0.6) is 0 Å². The Labute approximate surface area is 166 Å². The van der Waals surface area contributed by atoms with Crippen molar-refractivity contribution in [2.45, 2.75) is 25.9 Å². The minimum absolute atomic E-state index is 0.130. The van der Waals surface area contributed by atoms with Gasteiger partial charge in [-0.25, -0.2) is 18.8 Å². The quantitative estimate of drug-likeness (QED) is 0.555. The first kappa shape index (κ1) is 19.5. The fraction of sp³-hybridized carbons (Fsp3) is 0.368. The van der Waals surface area contributed by atoms with E-state index in [0.717, 1.165) is 18.5 Å². The van der Waals surface area contributed by atoms with Gasteiger partial charge in [-0.05, 0) is 59.1 Å². The minimum Gasteiger partial charge on any atom is -0.357 e. The van der Waals surface area contributed by atoms with Crippen LogP contribution in [0.1, 0.15) is 18.9 Å². The SMILES string of the molecule is CCNC(=NCc1ccc(Br)c(F)c1)NC1CCN(c2ncccc2F)C1. The van der Waals surface area contributed by atoms with Gasteiger partial charge in [-0.2, -0.15) is 0 Å². The molecule has 1 unspecified atom stereocenters. The zero-order valence-corrected chi connectivity index (χ0v) is 16.6. The molecule has 1 atom stereocenters. The van der Waals surface area contributed by atoms with Crippen molar-refractivity contribution in [1.29, 1.82) is 0 Å². The lowest BCUT2D eigenvalue weighted by atomic mass is 10.2. The Bertz CT molecular complexity index is 814. The molecule has 144 valence electrons. The summed E-state index contributed by atoms with van der Waals surface area (Å²) in [4.78, 5) is 10.6. The smallest absolute Gasteiger partial charge is 0.191 e. The molecule has 1 fully saturated rings. The molecule has 0 aliphatic carbocycles. The number of hydrogen-bond donors (Lipinski definition) is 2. The van der Waals surface area contributed by atoms with E-state index in [9.17, 15) is 8.78 Å². The van der Waals surface area contributed by atoms with Gasteiger partial charge in [0, 0.05) is 31.9 Å². The highest BCUT2D eigenvalue weighted by atomic mass is 79.9. The zero-order valence-electron chi connectivity index (χ0n) is 15.1. The summed E-state index contributed by atoms with van der Waals surface area (Å²) in [6.07, 6.45) is 2.45. The van der Waals surface area contributed by atoms with E-state index < -0.39 is 0 Å². The Kier molecular flexibility index (Phi) is 6.60. The Morgan fingerprint density at radius 3 is 2.93 bits per heavy atom. The monoisotopic (exact) mass is 437 g/mol. The maximum atomic E-state index is 13.9. The molecular formula is C19H22BrF2N5. The summed E-state index contributed by atoms with van der Waals surface area (Å²) in [7, 11) is 0. The van der Waals surface area contributed by atoms with E-state index in [1.165, 1.54) is 12.1 Å². The number of nitrogens with zero attached hydrogens (tertiary/aromatic N) is 3. The Balaban J connectivity index is 1.62. The Hall–Kier alpha value is -2.22. The maximum absolute atomic E-state index is 13.9. The highest BCUT2D eigenvalue weighted by molar-refractivity contribution is 9.10. The van der Waals surface area contributed by atoms with Gasteiger partial charge in [0.1, 0.15) is 5.82 Å². The normalized spacial score (nSPS) is 17.3. The van der Waals surface area contributed by atoms with Crippen LogP contribution in [0, 0.1) is 11.6 Å². The summed E-state index contributed by atoms with van der Waals surface area (Å²) in [5.74, 6) is 0.434. The van der Waals surface area contributed by atoms with Crippen LogP contribution in [0.2, 0.25) is 0 Å². The van der Waals surface area contributed by atoms with Gasteiger partial charge in [-0.1, -0.05) is 6.07 Å². The van der Waals surface area contributed by atoms with E-state index in [1.54, 1.807) is 18.3 Å². The lowest BCUT2D eigenvalue weighted by Gasteiger charge is -2.20. The number of hydrogen-bond acceptors (Lipinski definition) is 3. The average molecular weight is 438 g/mol. The third kappa shape index (κ3) is 5.15. The molecule has 27 heavy (non-hydrogen) atoms. The summed E-state index contributed by atoms with van der Waals surface area (Å²) < 4.78 is 28.0. The summed E-state index contributed by atoms with van der Waals surface area (Å²) in [6.45, 7) is 4.44. The number of rotatable bonds is 5. The first-order valence-corrected chi connectivity index (χ1v) is 9.70. The minimum atomic E-state index is -0.309. The number of aromatic nitrogens is 1. The first-order valence-electron chi connectivity index (χ1n) is 8.91. The van der Waals surface area contributed by atoms with Gasteiger partial charge in [0.15, 0.2) is 17.6 Å². The molecular weight excluding hydrogens is 416 g/mol. The van der Waals surface area contributed by atoms with Crippen LogP contribution in [0.4, 0.5) is 14.6 Å². The van der Waals surface area contributed by atoms with Gasteiger partial charge in [0.25, 0.3) is 0 Å². The van der Waals surface area contributed by atoms with Crippen molar-refractivity contribution in [2.24, 2.45) is 4.99 Å². The van der Waals surface area contributed by atoms with Crippen molar-refractivity contribution >= 4 is 27.7 Å². The molecule has 1 aromatic carbocycles. The van der Waals surface area contributed by atoms with Crippen molar-refractivity contribution < 1.29 is 8.78 Å². The van der Waals surface area contributed by atoms with Gasteiger partial charge < -0.3 is 15.5 Å². The fourth-order valence-corrected chi connectivity index (χ4v) is 3.25. The van der Waals surface area contributed by atoms with Crippen LogP contribution in [-0.4, -0.2) is 36.6 Å². The predicted octanol–water partition coefficient (Wildman–Crippen LogP) is 3.46. The van der Waals surface area contributed by atoms with Crippen LogP contribution >= 0.6 is 15.9 Å². The van der Waals surface area contributed by atoms with E-state index in [2.05, 4.69) is 36.5 Å². The molecule has 1 aliphatic rings. The topological polar surface area (TPSA) is 52.6 Å². The number of guanidine groups is 1. The predicted molar refractivity (Wildman–Crippen MR) is 107 cm³/mol. The van der Waals surface area contributed by atoms with Gasteiger partial charge in [0.05, 0.1) is 11.0 Å². The van der Waals surface area contributed by atoms with Gasteiger partial charge in [0.2, 0.25) is 0 Å².